The Morgan fingerprint density at radius 3 is 2.50 bits per heavy atom. The number of anilines is 1. The van der Waals surface area contributed by atoms with Crippen molar-refractivity contribution in [2.45, 2.75) is 19.3 Å². The van der Waals surface area contributed by atoms with Crippen LogP contribution >= 0.6 is 27.3 Å². The number of nitrogens with one attached hydrogen (secondary N) is 2. The van der Waals surface area contributed by atoms with Crippen LogP contribution in [-0.2, 0) is 22.4 Å². The van der Waals surface area contributed by atoms with E-state index in [1.807, 2.05) is 47.8 Å². The molecule has 1 aromatic heterocycles. The van der Waals surface area contributed by atoms with Crippen LogP contribution in [0.2, 0.25) is 0 Å². The van der Waals surface area contributed by atoms with E-state index in [2.05, 4.69) is 43.7 Å². The SMILES string of the molecule is O=C(Cc1csc(Cc2ccccc2)n1)NCCC(=O)Nc1ccc(Br)cc1. The van der Waals surface area contributed by atoms with Gasteiger partial charge in [-0.05, 0) is 29.8 Å². The van der Waals surface area contributed by atoms with Gasteiger partial charge in [0, 0.05) is 34.9 Å². The number of halogens is 1. The van der Waals surface area contributed by atoms with Crippen LogP contribution in [-0.4, -0.2) is 23.3 Å². The Kier molecular flexibility index (Phi) is 7.33. The number of nitrogens with zero attached hydrogens (tertiary/aromatic N) is 1. The van der Waals surface area contributed by atoms with Crippen molar-refractivity contribution in [1.29, 1.82) is 0 Å². The van der Waals surface area contributed by atoms with E-state index in [9.17, 15) is 9.59 Å². The van der Waals surface area contributed by atoms with Crippen LogP contribution in [0.4, 0.5) is 5.69 Å². The Morgan fingerprint density at radius 1 is 1.00 bits per heavy atom. The summed E-state index contributed by atoms with van der Waals surface area (Å²) in [5.41, 5.74) is 2.69. The minimum absolute atomic E-state index is 0.131. The highest BCUT2D eigenvalue weighted by Crippen LogP contribution is 2.15. The van der Waals surface area contributed by atoms with Gasteiger partial charge < -0.3 is 10.6 Å². The maximum Gasteiger partial charge on any atom is 0.226 e. The van der Waals surface area contributed by atoms with Gasteiger partial charge in [-0.3, -0.25) is 9.59 Å². The zero-order chi connectivity index (χ0) is 19.8. The van der Waals surface area contributed by atoms with Gasteiger partial charge in [-0.25, -0.2) is 4.98 Å². The van der Waals surface area contributed by atoms with Gasteiger partial charge in [-0.2, -0.15) is 0 Å². The van der Waals surface area contributed by atoms with Gasteiger partial charge in [0.25, 0.3) is 0 Å². The van der Waals surface area contributed by atoms with Crippen LogP contribution in [0.15, 0.2) is 64.5 Å². The first-order valence-corrected chi connectivity index (χ1v) is 10.5. The maximum atomic E-state index is 12.1. The second-order valence-corrected chi connectivity index (χ2v) is 8.09. The van der Waals surface area contributed by atoms with E-state index in [-0.39, 0.29) is 24.7 Å². The molecule has 0 radical (unpaired) electrons. The van der Waals surface area contributed by atoms with Crippen LogP contribution in [0.3, 0.4) is 0 Å². The molecule has 28 heavy (non-hydrogen) atoms. The van der Waals surface area contributed by atoms with Crippen molar-refractivity contribution >= 4 is 44.8 Å². The quantitative estimate of drug-likeness (QED) is 0.532. The Bertz CT molecular complexity index is 926. The number of benzene rings is 2. The van der Waals surface area contributed by atoms with Gasteiger partial charge in [0.1, 0.15) is 0 Å². The van der Waals surface area contributed by atoms with E-state index in [0.717, 1.165) is 27.3 Å². The zero-order valence-corrected chi connectivity index (χ0v) is 17.6. The molecule has 3 rings (SSSR count). The molecule has 0 fully saturated rings. The summed E-state index contributed by atoms with van der Waals surface area (Å²) in [6.45, 7) is 0.294. The monoisotopic (exact) mass is 457 g/mol. The highest BCUT2D eigenvalue weighted by molar-refractivity contribution is 9.10. The van der Waals surface area contributed by atoms with Gasteiger partial charge in [0.15, 0.2) is 0 Å². The van der Waals surface area contributed by atoms with Crippen molar-refractivity contribution in [3.63, 3.8) is 0 Å². The number of carbonyl (C=O) groups excluding carboxylic acids is 2. The molecule has 5 nitrogen and oxygen atoms in total. The summed E-state index contributed by atoms with van der Waals surface area (Å²) >= 11 is 4.91. The van der Waals surface area contributed by atoms with Crippen LogP contribution < -0.4 is 10.6 Å². The summed E-state index contributed by atoms with van der Waals surface area (Å²) in [6, 6.07) is 17.5. The third kappa shape index (κ3) is 6.58. The van der Waals surface area contributed by atoms with E-state index in [0.29, 0.717) is 6.54 Å². The Hall–Kier alpha value is -2.51. The highest BCUT2D eigenvalue weighted by Gasteiger charge is 2.09. The Balaban J connectivity index is 1.38. The van der Waals surface area contributed by atoms with Crippen molar-refractivity contribution in [2.75, 3.05) is 11.9 Å². The fraction of sp³-hybridized carbons (Fsp3) is 0.190. The van der Waals surface area contributed by atoms with E-state index in [1.54, 1.807) is 11.3 Å². The fourth-order valence-electron chi connectivity index (χ4n) is 2.58. The van der Waals surface area contributed by atoms with Crippen molar-refractivity contribution in [2.24, 2.45) is 0 Å². The van der Waals surface area contributed by atoms with Crippen molar-refractivity contribution in [3.05, 3.63) is 80.7 Å². The van der Waals surface area contributed by atoms with Crippen LogP contribution in [0.1, 0.15) is 22.7 Å². The minimum atomic E-state index is -0.138. The number of carbonyl (C=O) groups is 2. The lowest BCUT2D eigenvalue weighted by Gasteiger charge is -2.06. The number of rotatable bonds is 8. The van der Waals surface area contributed by atoms with Crippen molar-refractivity contribution in [3.8, 4) is 0 Å². The summed E-state index contributed by atoms with van der Waals surface area (Å²) in [5.74, 6) is -0.269. The number of hydrogen-bond acceptors (Lipinski definition) is 4. The molecule has 3 aromatic rings. The first kappa shape index (κ1) is 20.2. The van der Waals surface area contributed by atoms with E-state index >= 15 is 0 Å². The molecular formula is C21H20BrN3O2S. The van der Waals surface area contributed by atoms with E-state index < -0.39 is 0 Å². The molecule has 144 valence electrons. The maximum absolute atomic E-state index is 12.1. The van der Waals surface area contributed by atoms with Gasteiger partial charge in [0.2, 0.25) is 11.8 Å². The van der Waals surface area contributed by atoms with Crippen LogP contribution in [0.25, 0.3) is 0 Å². The van der Waals surface area contributed by atoms with Crippen molar-refractivity contribution in [1.82, 2.24) is 10.3 Å². The van der Waals surface area contributed by atoms with Crippen LogP contribution in [0, 0.1) is 0 Å². The van der Waals surface area contributed by atoms with Crippen LogP contribution in [0.5, 0.6) is 0 Å². The lowest BCUT2D eigenvalue weighted by atomic mass is 10.2. The Labute approximate surface area is 176 Å². The highest BCUT2D eigenvalue weighted by atomic mass is 79.9. The summed E-state index contributed by atoms with van der Waals surface area (Å²) in [4.78, 5) is 28.5. The normalized spacial score (nSPS) is 10.5. The lowest BCUT2D eigenvalue weighted by molar-refractivity contribution is -0.120. The van der Waals surface area contributed by atoms with E-state index in [1.165, 1.54) is 5.56 Å². The molecular weight excluding hydrogens is 438 g/mol. The number of hydrogen-bond donors (Lipinski definition) is 2. The topological polar surface area (TPSA) is 71.1 Å². The number of amides is 2. The molecule has 2 aromatic carbocycles. The molecule has 0 saturated heterocycles. The number of thiazole rings is 1. The van der Waals surface area contributed by atoms with Crippen molar-refractivity contribution < 1.29 is 9.59 Å². The Morgan fingerprint density at radius 2 is 1.75 bits per heavy atom. The minimum Gasteiger partial charge on any atom is -0.355 e. The predicted molar refractivity (Wildman–Crippen MR) is 115 cm³/mol. The average Bonchev–Trinajstić information content (AvgIpc) is 3.11. The molecule has 1 heterocycles. The smallest absolute Gasteiger partial charge is 0.226 e. The summed E-state index contributed by atoms with van der Waals surface area (Å²) < 4.78 is 0.951. The molecule has 0 saturated carbocycles. The van der Waals surface area contributed by atoms with Gasteiger partial charge in [-0.15, -0.1) is 11.3 Å². The molecule has 0 atom stereocenters. The van der Waals surface area contributed by atoms with Gasteiger partial charge >= 0.3 is 0 Å². The number of aromatic nitrogens is 1. The molecule has 0 aliphatic heterocycles. The molecule has 0 aliphatic carbocycles. The third-order valence-corrected chi connectivity index (χ3v) is 5.37. The standard InChI is InChI=1S/C21H20BrN3O2S/c22-16-6-8-17(9-7-16)24-19(26)10-11-23-20(27)13-18-14-28-21(25-18)12-15-4-2-1-3-5-15/h1-9,14H,10-13H2,(H,23,27)(H,24,26). The summed E-state index contributed by atoms with van der Waals surface area (Å²) in [7, 11) is 0. The molecule has 0 aliphatic rings. The third-order valence-electron chi connectivity index (χ3n) is 3.94. The first-order valence-electron chi connectivity index (χ1n) is 8.88. The largest absolute Gasteiger partial charge is 0.355 e. The summed E-state index contributed by atoms with van der Waals surface area (Å²) in [6.07, 6.45) is 1.21. The first-order chi connectivity index (χ1) is 13.6. The summed E-state index contributed by atoms with van der Waals surface area (Å²) in [5, 5.41) is 8.47. The lowest BCUT2D eigenvalue weighted by Crippen LogP contribution is -2.29. The molecule has 0 unspecified atom stereocenters. The van der Waals surface area contributed by atoms with Gasteiger partial charge in [0.05, 0.1) is 17.1 Å². The van der Waals surface area contributed by atoms with E-state index in [4.69, 9.17) is 0 Å². The average molecular weight is 458 g/mol. The molecule has 2 N–H and O–H groups in total. The zero-order valence-electron chi connectivity index (χ0n) is 15.2. The molecule has 2 amide bonds. The molecule has 0 spiro atoms. The molecule has 0 bridgehead atoms. The fourth-order valence-corrected chi connectivity index (χ4v) is 3.67. The van der Waals surface area contributed by atoms with Gasteiger partial charge in [-0.1, -0.05) is 46.3 Å². The molecule has 7 heteroatoms. The second kappa shape index (κ2) is 10.1. The predicted octanol–water partition coefficient (Wildman–Crippen LogP) is 4.18. The second-order valence-electron chi connectivity index (χ2n) is 6.23.